The lowest BCUT2D eigenvalue weighted by molar-refractivity contribution is -0.144. The lowest BCUT2D eigenvalue weighted by Gasteiger charge is -2.23. The van der Waals surface area contributed by atoms with Crippen LogP contribution >= 0.6 is 11.3 Å². The van der Waals surface area contributed by atoms with Crippen molar-refractivity contribution in [3.05, 3.63) is 16.1 Å². The van der Waals surface area contributed by atoms with Crippen LogP contribution in [0.3, 0.4) is 0 Å². The van der Waals surface area contributed by atoms with Crippen molar-refractivity contribution in [2.24, 2.45) is 5.92 Å². The highest BCUT2D eigenvalue weighted by atomic mass is 32.1. The second kappa shape index (κ2) is 7.23. The van der Waals surface area contributed by atoms with Gasteiger partial charge >= 0.3 is 12.0 Å². The molecule has 1 rings (SSSR count). The summed E-state index contributed by atoms with van der Waals surface area (Å²) >= 11 is 1.54. The number of esters is 1. The molecule has 0 fully saturated rings. The average Bonchev–Trinajstić information content (AvgIpc) is 2.79. The number of rotatable bonds is 5. The van der Waals surface area contributed by atoms with Crippen molar-refractivity contribution in [3.63, 3.8) is 0 Å². The highest BCUT2D eigenvalue weighted by Gasteiger charge is 2.26. The Morgan fingerprint density at radius 2 is 2.15 bits per heavy atom. The monoisotopic (exact) mass is 299 g/mol. The van der Waals surface area contributed by atoms with Gasteiger partial charge in [-0.3, -0.25) is 0 Å². The van der Waals surface area contributed by atoms with Crippen molar-refractivity contribution in [1.82, 2.24) is 15.2 Å². The second-order valence-electron chi connectivity index (χ2n) is 4.91. The number of aromatic nitrogens is 1. The summed E-state index contributed by atoms with van der Waals surface area (Å²) < 4.78 is 4.69. The number of carbonyl (C=O) groups excluding carboxylic acids is 2. The number of nitrogens with zero attached hydrogens (tertiary/aromatic N) is 2. The summed E-state index contributed by atoms with van der Waals surface area (Å²) in [4.78, 5) is 29.5. The van der Waals surface area contributed by atoms with Crippen LogP contribution in [0, 0.1) is 12.8 Å². The molecule has 0 spiro atoms. The highest BCUT2D eigenvalue weighted by Crippen LogP contribution is 2.10. The zero-order valence-electron chi connectivity index (χ0n) is 12.5. The molecule has 0 aromatic carbocycles. The van der Waals surface area contributed by atoms with E-state index in [1.165, 1.54) is 12.0 Å². The standard InChI is InChI=1S/C13H21N3O3S/c1-8(2)11(12(17)19-5)15-13(18)16(4)6-10-7-20-9(3)14-10/h7-8,11H,6H2,1-5H3,(H,15,18). The van der Waals surface area contributed by atoms with Gasteiger partial charge in [0, 0.05) is 12.4 Å². The fraction of sp³-hybridized carbons (Fsp3) is 0.615. The topological polar surface area (TPSA) is 71.5 Å². The molecular formula is C13H21N3O3S. The lowest BCUT2D eigenvalue weighted by Crippen LogP contribution is -2.49. The summed E-state index contributed by atoms with van der Waals surface area (Å²) in [5.74, 6) is -0.479. The maximum absolute atomic E-state index is 12.1. The summed E-state index contributed by atoms with van der Waals surface area (Å²) in [6.07, 6.45) is 0. The molecule has 0 aliphatic heterocycles. The molecule has 1 atom stereocenters. The number of aryl methyl sites for hydroxylation is 1. The number of amides is 2. The van der Waals surface area contributed by atoms with E-state index in [2.05, 4.69) is 10.3 Å². The number of urea groups is 1. The SMILES string of the molecule is COC(=O)C(NC(=O)N(C)Cc1csc(C)n1)C(C)C. The molecule has 0 radical (unpaired) electrons. The molecule has 1 unspecified atom stereocenters. The Balaban J connectivity index is 2.61. The third-order valence-corrected chi connectivity index (χ3v) is 3.64. The second-order valence-corrected chi connectivity index (χ2v) is 5.97. The van der Waals surface area contributed by atoms with E-state index in [0.717, 1.165) is 10.7 Å². The van der Waals surface area contributed by atoms with E-state index in [9.17, 15) is 9.59 Å². The van der Waals surface area contributed by atoms with Crippen LogP contribution in [0.15, 0.2) is 5.38 Å². The Hall–Kier alpha value is -1.63. The van der Waals surface area contributed by atoms with Gasteiger partial charge in [-0.2, -0.15) is 0 Å². The van der Waals surface area contributed by atoms with E-state index in [4.69, 9.17) is 4.74 Å². The van der Waals surface area contributed by atoms with Gasteiger partial charge in [0.1, 0.15) is 6.04 Å². The number of carbonyl (C=O) groups is 2. The Bertz CT molecular complexity index is 473. The van der Waals surface area contributed by atoms with Crippen LogP contribution in [0.4, 0.5) is 4.79 Å². The molecule has 2 amide bonds. The quantitative estimate of drug-likeness (QED) is 0.841. The maximum Gasteiger partial charge on any atom is 0.328 e. The van der Waals surface area contributed by atoms with E-state index in [1.54, 1.807) is 18.4 Å². The highest BCUT2D eigenvalue weighted by molar-refractivity contribution is 7.09. The summed E-state index contributed by atoms with van der Waals surface area (Å²) in [6, 6.07) is -0.966. The maximum atomic E-state index is 12.1. The lowest BCUT2D eigenvalue weighted by atomic mass is 10.1. The summed E-state index contributed by atoms with van der Waals surface area (Å²) in [5.41, 5.74) is 0.837. The number of methoxy groups -OCH3 is 1. The molecule has 112 valence electrons. The van der Waals surface area contributed by atoms with Gasteiger partial charge < -0.3 is 15.0 Å². The molecule has 0 saturated heterocycles. The largest absolute Gasteiger partial charge is 0.467 e. The molecule has 1 N–H and O–H groups in total. The minimum absolute atomic E-state index is 0.0404. The Labute approximate surface area is 123 Å². The first-order valence-corrected chi connectivity index (χ1v) is 7.23. The fourth-order valence-electron chi connectivity index (χ4n) is 1.66. The van der Waals surface area contributed by atoms with Crippen LogP contribution in [0.1, 0.15) is 24.5 Å². The van der Waals surface area contributed by atoms with Crippen molar-refractivity contribution in [2.45, 2.75) is 33.4 Å². The molecule has 0 bridgehead atoms. The van der Waals surface area contributed by atoms with Crippen molar-refractivity contribution >= 4 is 23.3 Å². The van der Waals surface area contributed by atoms with Gasteiger partial charge in [-0.1, -0.05) is 13.8 Å². The predicted octanol–water partition coefficient (Wildman–Crippen LogP) is 1.79. The first kappa shape index (κ1) is 16.4. The molecule has 1 aromatic heterocycles. The number of ether oxygens (including phenoxy) is 1. The van der Waals surface area contributed by atoms with Gasteiger partial charge in [0.15, 0.2) is 0 Å². The molecule has 0 aliphatic rings. The van der Waals surface area contributed by atoms with E-state index in [0.29, 0.717) is 6.54 Å². The molecule has 7 heteroatoms. The minimum atomic E-state index is -0.646. The molecule has 1 heterocycles. The average molecular weight is 299 g/mol. The first-order valence-electron chi connectivity index (χ1n) is 6.35. The third kappa shape index (κ3) is 4.48. The van der Waals surface area contributed by atoms with Gasteiger partial charge in [-0.15, -0.1) is 11.3 Å². The van der Waals surface area contributed by atoms with Gasteiger partial charge in [-0.05, 0) is 12.8 Å². The number of thiazole rings is 1. The van der Waals surface area contributed by atoms with Crippen molar-refractivity contribution in [2.75, 3.05) is 14.2 Å². The predicted molar refractivity (Wildman–Crippen MR) is 77.5 cm³/mol. The minimum Gasteiger partial charge on any atom is -0.467 e. The molecule has 20 heavy (non-hydrogen) atoms. The van der Waals surface area contributed by atoms with Crippen molar-refractivity contribution < 1.29 is 14.3 Å². The first-order chi connectivity index (χ1) is 9.35. The summed E-state index contributed by atoms with van der Waals surface area (Å²) in [5, 5.41) is 5.56. The van der Waals surface area contributed by atoms with E-state index in [1.807, 2.05) is 26.2 Å². The van der Waals surface area contributed by atoms with Crippen LogP contribution in [0.5, 0.6) is 0 Å². The number of nitrogens with one attached hydrogen (secondary N) is 1. The molecule has 0 saturated carbocycles. The molecule has 6 nitrogen and oxygen atoms in total. The Morgan fingerprint density at radius 1 is 1.50 bits per heavy atom. The number of hydrogen-bond donors (Lipinski definition) is 1. The van der Waals surface area contributed by atoms with E-state index >= 15 is 0 Å². The van der Waals surface area contributed by atoms with Crippen LogP contribution in [0.25, 0.3) is 0 Å². The van der Waals surface area contributed by atoms with Crippen LogP contribution in [0.2, 0.25) is 0 Å². The zero-order chi connectivity index (χ0) is 15.3. The summed E-state index contributed by atoms with van der Waals surface area (Å²) in [6.45, 7) is 6.03. The zero-order valence-corrected chi connectivity index (χ0v) is 13.3. The number of hydrogen-bond acceptors (Lipinski definition) is 5. The molecule has 0 aliphatic carbocycles. The Morgan fingerprint density at radius 3 is 2.60 bits per heavy atom. The van der Waals surface area contributed by atoms with Gasteiger partial charge in [0.05, 0.1) is 24.4 Å². The molecular weight excluding hydrogens is 278 g/mol. The Kier molecular flexibility index (Phi) is 5.94. The van der Waals surface area contributed by atoms with E-state index < -0.39 is 12.0 Å². The summed E-state index contributed by atoms with van der Waals surface area (Å²) in [7, 11) is 2.98. The van der Waals surface area contributed by atoms with Crippen LogP contribution < -0.4 is 5.32 Å². The smallest absolute Gasteiger partial charge is 0.328 e. The van der Waals surface area contributed by atoms with Crippen molar-refractivity contribution in [3.8, 4) is 0 Å². The van der Waals surface area contributed by atoms with Crippen LogP contribution in [-0.4, -0.2) is 42.1 Å². The third-order valence-electron chi connectivity index (χ3n) is 2.81. The van der Waals surface area contributed by atoms with Gasteiger partial charge in [-0.25, -0.2) is 14.6 Å². The molecule has 1 aromatic rings. The van der Waals surface area contributed by atoms with Crippen molar-refractivity contribution in [1.29, 1.82) is 0 Å². The van der Waals surface area contributed by atoms with E-state index in [-0.39, 0.29) is 11.9 Å². The van der Waals surface area contributed by atoms with Gasteiger partial charge in [0.2, 0.25) is 0 Å². The van der Waals surface area contributed by atoms with Gasteiger partial charge in [0.25, 0.3) is 0 Å². The van der Waals surface area contributed by atoms with Crippen LogP contribution in [-0.2, 0) is 16.1 Å². The normalized spacial score (nSPS) is 12.1. The fourth-order valence-corrected chi connectivity index (χ4v) is 2.27.